The van der Waals surface area contributed by atoms with Crippen molar-refractivity contribution < 1.29 is 19.0 Å². The Bertz CT molecular complexity index is 776. The summed E-state index contributed by atoms with van der Waals surface area (Å²) in [6, 6.07) is 11.2. The van der Waals surface area contributed by atoms with Gasteiger partial charge >= 0.3 is 0 Å². The van der Waals surface area contributed by atoms with Gasteiger partial charge in [0.2, 0.25) is 5.91 Å². The minimum atomic E-state index is -0.0691. The first kappa shape index (κ1) is 18.4. The van der Waals surface area contributed by atoms with E-state index >= 15 is 0 Å². The molecule has 0 bridgehead atoms. The maximum atomic E-state index is 12.5. The molecule has 0 aliphatic carbocycles. The fourth-order valence-corrected chi connectivity index (χ4v) is 3.24. The summed E-state index contributed by atoms with van der Waals surface area (Å²) in [6.07, 6.45) is 1.02. The van der Waals surface area contributed by atoms with Gasteiger partial charge < -0.3 is 19.5 Å². The summed E-state index contributed by atoms with van der Waals surface area (Å²) in [5.74, 6) is 1.86. The molecule has 1 heterocycles. The molecule has 0 saturated carbocycles. The summed E-state index contributed by atoms with van der Waals surface area (Å²) in [5.41, 5.74) is 1.84. The van der Waals surface area contributed by atoms with Crippen LogP contribution in [0.5, 0.6) is 17.2 Å². The molecule has 0 fully saturated rings. The third-order valence-corrected chi connectivity index (χ3v) is 4.56. The zero-order valence-electron chi connectivity index (χ0n) is 14.9. The lowest BCUT2D eigenvalue weighted by Gasteiger charge is -2.21. The molecule has 1 aliphatic rings. The number of hydrogen-bond donors (Lipinski definition) is 1. The Morgan fingerprint density at radius 3 is 2.65 bits per heavy atom. The first-order valence-electron chi connectivity index (χ1n) is 8.62. The number of carbonyl (C=O) groups excluding carboxylic acids is 1. The van der Waals surface area contributed by atoms with Crippen LogP contribution >= 0.6 is 11.6 Å². The average Bonchev–Trinajstić information content (AvgIpc) is 2.66. The molecule has 2 aromatic rings. The third kappa shape index (κ3) is 4.22. The van der Waals surface area contributed by atoms with Crippen LogP contribution in [0.4, 0.5) is 0 Å². The van der Waals surface area contributed by atoms with Gasteiger partial charge in [-0.25, -0.2) is 0 Å². The van der Waals surface area contributed by atoms with E-state index in [1.807, 2.05) is 37.3 Å². The van der Waals surface area contributed by atoms with Crippen LogP contribution < -0.4 is 19.5 Å². The Labute approximate surface area is 158 Å². The SMILES string of the molecule is CCC(NC(=O)Cc1cc(Cl)c2c(c1)OCCO2)c1ccc(OC)cc1. The van der Waals surface area contributed by atoms with E-state index in [1.165, 1.54) is 0 Å². The van der Waals surface area contributed by atoms with Crippen LogP contribution in [0.25, 0.3) is 0 Å². The molecule has 26 heavy (non-hydrogen) atoms. The van der Waals surface area contributed by atoms with E-state index in [-0.39, 0.29) is 18.4 Å². The fraction of sp³-hybridized carbons (Fsp3) is 0.350. The van der Waals surface area contributed by atoms with E-state index in [4.69, 9.17) is 25.8 Å². The normalized spacial score (nSPS) is 13.8. The number of rotatable bonds is 6. The summed E-state index contributed by atoms with van der Waals surface area (Å²) in [4.78, 5) is 12.5. The molecule has 1 atom stereocenters. The van der Waals surface area contributed by atoms with Crippen LogP contribution in [0.3, 0.4) is 0 Å². The maximum Gasteiger partial charge on any atom is 0.224 e. The molecule has 138 valence electrons. The molecule has 1 aliphatic heterocycles. The van der Waals surface area contributed by atoms with Crippen LogP contribution in [0, 0.1) is 0 Å². The number of nitrogens with one attached hydrogen (secondary N) is 1. The Morgan fingerprint density at radius 2 is 1.96 bits per heavy atom. The van der Waals surface area contributed by atoms with E-state index in [1.54, 1.807) is 13.2 Å². The number of amides is 1. The molecule has 5 nitrogen and oxygen atoms in total. The van der Waals surface area contributed by atoms with Gasteiger partial charge in [0, 0.05) is 0 Å². The van der Waals surface area contributed by atoms with Crippen LogP contribution in [0.15, 0.2) is 36.4 Å². The second-order valence-electron chi connectivity index (χ2n) is 6.08. The Hall–Kier alpha value is -2.40. The van der Waals surface area contributed by atoms with Crippen LogP contribution in [-0.4, -0.2) is 26.2 Å². The second kappa shape index (κ2) is 8.32. The number of ether oxygens (including phenoxy) is 3. The predicted molar refractivity (Wildman–Crippen MR) is 100 cm³/mol. The summed E-state index contributed by atoms with van der Waals surface area (Å²) in [5, 5.41) is 3.54. The highest BCUT2D eigenvalue weighted by atomic mass is 35.5. The fourth-order valence-electron chi connectivity index (χ4n) is 2.95. The van der Waals surface area contributed by atoms with Gasteiger partial charge in [0.25, 0.3) is 0 Å². The van der Waals surface area contributed by atoms with E-state index in [0.717, 1.165) is 23.3 Å². The summed E-state index contributed by atoms with van der Waals surface area (Å²) in [6.45, 7) is 3.00. The molecular weight excluding hydrogens is 354 g/mol. The smallest absolute Gasteiger partial charge is 0.224 e. The van der Waals surface area contributed by atoms with Gasteiger partial charge in [0.1, 0.15) is 19.0 Å². The summed E-state index contributed by atoms with van der Waals surface area (Å²) in [7, 11) is 1.63. The van der Waals surface area contributed by atoms with Crippen molar-refractivity contribution in [1.29, 1.82) is 0 Å². The van der Waals surface area contributed by atoms with Crippen LogP contribution in [0.1, 0.15) is 30.5 Å². The number of carbonyl (C=O) groups is 1. The number of hydrogen-bond acceptors (Lipinski definition) is 4. The molecular formula is C20H22ClNO4. The van der Waals surface area contributed by atoms with Gasteiger partial charge in [0.15, 0.2) is 11.5 Å². The van der Waals surface area contributed by atoms with Crippen molar-refractivity contribution in [3.05, 3.63) is 52.5 Å². The van der Waals surface area contributed by atoms with Crippen molar-refractivity contribution >= 4 is 17.5 Å². The van der Waals surface area contributed by atoms with E-state index in [0.29, 0.717) is 29.7 Å². The number of halogens is 1. The molecule has 0 saturated heterocycles. The Kier molecular flexibility index (Phi) is 5.89. The van der Waals surface area contributed by atoms with Crippen molar-refractivity contribution in [1.82, 2.24) is 5.32 Å². The predicted octanol–water partition coefficient (Wildman–Crippen LogP) is 3.93. The highest BCUT2D eigenvalue weighted by molar-refractivity contribution is 6.32. The van der Waals surface area contributed by atoms with Gasteiger partial charge in [0.05, 0.1) is 24.6 Å². The third-order valence-electron chi connectivity index (χ3n) is 4.28. The molecule has 1 amide bonds. The Balaban J connectivity index is 1.68. The first-order chi connectivity index (χ1) is 12.6. The monoisotopic (exact) mass is 375 g/mol. The van der Waals surface area contributed by atoms with Gasteiger partial charge in [-0.1, -0.05) is 30.7 Å². The molecule has 0 spiro atoms. The van der Waals surface area contributed by atoms with Crippen molar-refractivity contribution in [3.8, 4) is 17.2 Å². The van der Waals surface area contributed by atoms with E-state index in [9.17, 15) is 4.79 Å². The zero-order valence-corrected chi connectivity index (χ0v) is 15.6. The minimum absolute atomic E-state index is 0.0545. The first-order valence-corrected chi connectivity index (χ1v) is 8.99. The van der Waals surface area contributed by atoms with Crippen molar-refractivity contribution in [2.45, 2.75) is 25.8 Å². The number of methoxy groups -OCH3 is 1. The lowest BCUT2D eigenvalue weighted by molar-refractivity contribution is -0.121. The molecule has 2 aromatic carbocycles. The topological polar surface area (TPSA) is 56.8 Å². The average molecular weight is 376 g/mol. The lowest BCUT2D eigenvalue weighted by Crippen LogP contribution is -2.29. The quantitative estimate of drug-likeness (QED) is 0.831. The molecule has 1 unspecified atom stereocenters. The van der Waals surface area contributed by atoms with Gasteiger partial charge in [-0.15, -0.1) is 0 Å². The largest absolute Gasteiger partial charge is 0.497 e. The maximum absolute atomic E-state index is 12.5. The zero-order chi connectivity index (χ0) is 18.5. The molecule has 3 rings (SSSR count). The lowest BCUT2D eigenvalue weighted by atomic mass is 10.0. The molecule has 0 radical (unpaired) electrons. The van der Waals surface area contributed by atoms with Gasteiger partial charge in [-0.05, 0) is 41.8 Å². The van der Waals surface area contributed by atoms with Crippen molar-refractivity contribution in [3.63, 3.8) is 0 Å². The van der Waals surface area contributed by atoms with Crippen molar-refractivity contribution in [2.24, 2.45) is 0 Å². The highest BCUT2D eigenvalue weighted by Crippen LogP contribution is 2.38. The molecule has 1 N–H and O–H groups in total. The van der Waals surface area contributed by atoms with Gasteiger partial charge in [-0.2, -0.15) is 0 Å². The van der Waals surface area contributed by atoms with Crippen LogP contribution in [0.2, 0.25) is 5.02 Å². The standard InChI is InChI=1S/C20H22ClNO4/c1-3-17(14-4-6-15(24-2)7-5-14)22-19(23)12-13-10-16(21)20-18(11-13)25-8-9-26-20/h4-7,10-11,17H,3,8-9,12H2,1-2H3,(H,22,23). The van der Waals surface area contributed by atoms with E-state index < -0.39 is 0 Å². The second-order valence-corrected chi connectivity index (χ2v) is 6.49. The highest BCUT2D eigenvalue weighted by Gasteiger charge is 2.19. The molecule has 0 aromatic heterocycles. The number of fused-ring (bicyclic) bond motifs is 1. The molecule has 6 heteroatoms. The van der Waals surface area contributed by atoms with E-state index in [2.05, 4.69) is 5.32 Å². The van der Waals surface area contributed by atoms with Crippen molar-refractivity contribution in [2.75, 3.05) is 20.3 Å². The number of benzene rings is 2. The summed E-state index contributed by atoms with van der Waals surface area (Å²) < 4.78 is 16.2. The van der Waals surface area contributed by atoms with Gasteiger partial charge in [-0.3, -0.25) is 4.79 Å². The minimum Gasteiger partial charge on any atom is -0.497 e. The Morgan fingerprint density at radius 1 is 1.23 bits per heavy atom. The van der Waals surface area contributed by atoms with Crippen LogP contribution in [-0.2, 0) is 11.2 Å². The summed E-state index contributed by atoms with van der Waals surface area (Å²) >= 11 is 6.24.